The molecule has 2 N–H and O–H groups in total. The van der Waals surface area contributed by atoms with E-state index in [1.807, 2.05) is 0 Å². The number of Topliss-reactive ketones (excluding diaryl/α,β-unsaturated/α-hetero) is 1. The van der Waals surface area contributed by atoms with Gasteiger partial charge in [0.1, 0.15) is 10.8 Å². The van der Waals surface area contributed by atoms with Gasteiger partial charge in [0.2, 0.25) is 0 Å². The molecule has 1 aromatic heterocycles. The van der Waals surface area contributed by atoms with Crippen molar-refractivity contribution in [3.8, 4) is 6.07 Å². The summed E-state index contributed by atoms with van der Waals surface area (Å²) in [5, 5.41) is 22.4. The number of ether oxygens (including phenoxy) is 1. The number of hydrogen-bond acceptors (Lipinski definition) is 9. The molecule has 0 bridgehead atoms. The molecule has 196 valence electrons. The summed E-state index contributed by atoms with van der Waals surface area (Å²) in [6.07, 6.45) is 6.10. The van der Waals surface area contributed by atoms with Crippen molar-refractivity contribution in [1.82, 2.24) is 0 Å². The summed E-state index contributed by atoms with van der Waals surface area (Å²) < 4.78 is 5.47. The quantitative estimate of drug-likeness (QED) is 0.233. The molecule has 3 aliphatic rings. The highest BCUT2D eigenvalue weighted by atomic mass is 32.1. The molecule has 0 saturated carbocycles. The molecular weight excluding hydrogens is 504 g/mol. The first-order chi connectivity index (χ1) is 18.4. The maximum atomic E-state index is 13.5. The van der Waals surface area contributed by atoms with E-state index in [0.717, 1.165) is 42.5 Å². The third kappa shape index (κ3) is 4.27. The Morgan fingerprint density at radius 3 is 2.76 bits per heavy atom. The van der Waals surface area contributed by atoms with E-state index in [4.69, 9.17) is 10.5 Å². The molecule has 0 spiro atoms. The van der Waals surface area contributed by atoms with Gasteiger partial charge >= 0.3 is 5.97 Å². The summed E-state index contributed by atoms with van der Waals surface area (Å²) in [6.45, 7) is 1.98. The highest BCUT2D eigenvalue weighted by Crippen LogP contribution is 2.50. The normalized spacial score (nSPS) is 19.4. The number of carbonyl (C=O) groups is 2. The fourth-order valence-corrected chi connectivity index (χ4v) is 7.18. The third-order valence-corrected chi connectivity index (χ3v) is 8.69. The number of nitrogens with two attached hydrogens (primary N) is 1. The van der Waals surface area contributed by atoms with Crippen LogP contribution in [0.1, 0.15) is 77.7 Å². The van der Waals surface area contributed by atoms with Crippen LogP contribution >= 0.6 is 11.3 Å². The zero-order chi connectivity index (χ0) is 27.0. The molecule has 1 aromatic carbocycles. The van der Waals surface area contributed by atoms with Gasteiger partial charge in [-0.15, -0.1) is 11.3 Å². The minimum Gasteiger partial charge on any atom is -0.462 e. The molecule has 5 rings (SSSR count). The second-order valence-electron chi connectivity index (χ2n) is 9.63. The lowest BCUT2D eigenvalue weighted by atomic mass is 9.75. The minimum atomic E-state index is -0.817. The highest BCUT2D eigenvalue weighted by Gasteiger charge is 2.43. The topological polar surface area (TPSA) is 140 Å². The van der Waals surface area contributed by atoms with Gasteiger partial charge in [0, 0.05) is 34.7 Å². The Morgan fingerprint density at radius 2 is 2.03 bits per heavy atom. The summed E-state index contributed by atoms with van der Waals surface area (Å²) in [6, 6.07) is 8.20. The van der Waals surface area contributed by atoms with Crippen molar-refractivity contribution in [2.75, 3.05) is 11.5 Å². The predicted molar refractivity (Wildman–Crippen MR) is 143 cm³/mol. The van der Waals surface area contributed by atoms with Gasteiger partial charge in [-0.25, -0.2) is 4.79 Å². The molecule has 0 fully saturated rings. The number of fused-ring (bicyclic) bond motifs is 1. The van der Waals surface area contributed by atoms with E-state index in [2.05, 4.69) is 6.07 Å². The van der Waals surface area contributed by atoms with E-state index in [9.17, 15) is 25.0 Å². The number of nitrogens with zero attached hydrogens (tertiary/aromatic N) is 3. The SMILES string of the molecule is CCOC(=O)c1c(N2C(N)=C(C#N)[C@H](c3cccc([N+](=O)[O-])c3)C3=C2CCCC3=O)sc2c1CCCCC2. The van der Waals surface area contributed by atoms with Crippen LogP contribution in [0.25, 0.3) is 0 Å². The summed E-state index contributed by atoms with van der Waals surface area (Å²) in [5.41, 5.74) is 9.71. The molecule has 2 aromatic rings. The molecule has 10 heteroatoms. The minimum absolute atomic E-state index is 0.121. The number of nitro groups is 1. The van der Waals surface area contributed by atoms with Crippen LogP contribution < -0.4 is 10.6 Å². The largest absolute Gasteiger partial charge is 0.462 e. The Morgan fingerprint density at radius 1 is 1.24 bits per heavy atom. The maximum absolute atomic E-state index is 13.5. The van der Waals surface area contributed by atoms with Crippen molar-refractivity contribution in [3.05, 3.63) is 78.6 Å². The maximum Gasteiger partial charge on any atom is 0.341 e. The number of nitro benzene ring substituents is 1. The van der Waals surface area contributed by atoms with E-state index < -0.39 is 16.8 Å². The standard InChI is InChI=1S/C28H28N4O5S/c1-2-37-28(34)24-18-10-4-3-5-13-22(18)38-27(24)31-20-11-7-12-21(33)25(20)23(19(15-29)26(31)30)16-8-6-9-17(14-16)32(35)36/h6,8-9,14,23H,2-5,7,10-13,30H2,1H3/t23-/m0/s1. The van der Waals surface area contributed by atoms with Crippen molar-refractivity contribution >= 4 is 33.8 Å². The molecule has 2 aliphatic carbocycles. The first kappa shape index (κ1) is 25.7. The van der Waals surface area contributed by atoms with E-state index in [-0.39, 0.29) is 29.5 Å². The Balaban J connectivity index is 1.76. The molecule has 0 radical (unpaired) electrons. The lowest BCUT2D eigenvalue weighted by Gasteiger charge is -2.39. The van der Waals surface area contributed by atoms with Crippen LogP contribution in [0.4, 0.5) is 10.7 Å². The molecule has 1 atom stereocenters. The Hall–Kier alpha value is -3.97. The van der Waals surface area contributed by atoms with Crippen molar-refractivity contribution in [3.63, 3.8) is 0 Å². The number of hydrogen-bond donors (Lipinski definition) is 1. The van der Waals surface area contributed by atoms with Gasteiger partial charge in [-0.3, -0.25) is 19.8 Å². The number of ketones is 1. The fraction of sp³-hybridized carbons (Fsp3) is 0.393. The average molecular weight is 533 g/mol. The number of benzene rings is 1. The van der Waals surface area contributed by atoms with Gasteiger partial charge < -0.3 is 10.5 Å². The van der Waals surface area contributed by atoms with Crippen LogP contribution in [0, 0.1) is 21.4 Å². The van der Waals surface area contributed by atoms with E-state index in [1.54, 1.807) is 24.0 Å². The summed E-state index contributed by atoms with van der Waals surface area (Å²) >= 11 is 1.48. The smallest absolute Gasteiger partial charge is 0.341 e. The van der Waals surface area contributed by atoms with Crippen molar-refractivity contribution in [2.45, 2.75) is 64.2 Å². The zero-order valence-corrected chi connectivity index (χ0v) is 21.9. The van der Waals surface area contributed by atoms with Gasteiger partial charge in [-0.2, -0.15) is 5.26 Å². The van der Waals surface area contributed by atoms with Crippen molar-refractivity contribution in [1.29, 1.82) is 5.26 Å². The number of non-ortho nitro benzene ring substituents is 1. The van der Waals surface area contributed by atoms with Gasteiger partial charge in [-0.05, 0) is 56.6 Å². The highest BCUT2D eigenvalue weighted by molar-refractivity contribution is 7.16. The fourth-order valence-electron chi connectivity index (χ4n) is 5.77. The van der Waals surface area contributed by atoms with Gasteiger partial charge in [0.05, 0.1) is 34.7 Å². The number of allylic oxidation sites excluding steroid dienone is 3. The molecule has 0 unspecified atom stereocenters. The number of esters is 1. The van der Waals surface area contributed by atoms with E-state index >= 15 is 0 Å². The molecule has 9 nitrogen and oxygen atoms in total. The number of carbonyl (C=O) groups excluding carboxylic acids is 2. The van der Waals surface area contributed by atoms with E-state index in [1.165, 1.54) is 23.5 Å². The Labute approximate surface area is 224 Å². The van der Waals surface area contributed by atoms with Crippen LogP contribution in [0.2, 0.25) is 0 Å². The number of anilines is 1. The van der Waals surface area contributed by atoms with Crippen LogP contribution in [0.5, 0.6) is 0 Å². The number of nitriles is 1. The predicted octanol–water partition coefficient (Wildman–Crippen LogP) is 5.41. The second-order valence-corrected chi connectivity index (χ2v) is 10.7. The molecule has 2 heterocycles. The zero-order valence-electron chi connectivity index (χ0n) is 21.1. The second kappa shape index (κ2) is 10.4. The van der Waals surface area contributed by atoms with Gasteiger partial charge in [0.25, 0.3) is 5.69 Å². The number of rotatable bonds is 5. The Kier molecular flexibility index (Phi) is 7.04. The summed E-state index contributed by atoms with van der Waals surface area (Å²) in [7, 11) is 0. The summed E-state index contributed by atoms with van der Waals surface area (Å²) in [5.74, 6) is -1.23. The number of aryl methyl sites for hydroxylation is 1. The molecule has 0 amide bonds. The summed E-state index contributed by atoms with van der Waals surface area (Å²) in [4.78, 5) is 40.6. The van der Waals surface area contributed by atoms with Gasteiger partial charge in [-0.1, -0.05) is 18.6 Å². The first-order valence-electron chi connectivity index (χ1n) is 12.9. The first-order valence-corrected chi connectivity index (χ1v) is 13.7. The molecule has 1 aliphatic heterocycles. The lowest BCUT2D eigenvalue weighted by Crippen LogP contribution is -2.39. The van der Waals surface area contributed by atoms with Crippen LogP contribution in [0.3, 0.4) is 0 Å². The van der Waals surface area contributed by atoms with Crippen LogP contribution in [-0.2, 0) is 22.4 Å². The average Bonchev–Trinajstić information content (AvgIpc) is 3.09. The van der Waals surface area contributed by atoms with Crippen LogP contribution in [-0.4, -0.2) is 23.3 Å². The third-order valence-electron chi connectivity index (χ3n) is 7.41. The molecular formula is C28H28N4O5S. The van der Waals surface area contributed by atoms with E-state index in [0.29, 0.717) is 46.7 Å². The monoisotopic (exact) mass is 532 g/mol. The molecule has 0 saturated heterocycles. The van der Waals surface area contributed by atoms with Crippen molar-refractivity contribution in [2.24, 2.45) is 5.73 Å². The van der Waals surface area contributed by atoms with Crippen LogP contribution in [0.15, 0.2) is 46.9 Å². The lowest BCUT2D eigenvalue weighted by molar-refractivity contribution is -0.384. The molecule has 38 heavy (non-hydrogen) atoms. The van der Waals surface area contributed by atoms with Gasteiger partial charge in [0.15, 0.2) is 5.78 Å². The Bertz CT molecular complexity index is 1450. The number of thiophene rings is 1. The van der Waals surface area contributed by atoms with Crippen molar-refractivity contribution < 1.29 is 19.2 Å².